The molecule has 7 heteroatoms. The van der Waals surface area contributed by atoms with E-state index in [4.69, 9.17) is 0 Å². The molecule has 0 spiro atoms. The molecule has 27 heavy (non-hydrogen) atoms. The molecule has 0 atom stereocenters. The SMILES string of the molecule is CC1CCN(S(=O)(=O)c2ccc3c(c2)sc(=O)n3Cc2ccccc2)CC1. The van der Waals surface area contributed by atoms with Crippen molar-refractivity contribution < 1.29 is 8.42 Å². The van der Waals surface area contributed by atoms with Crippen LogP contribution in [-0.2, 0) is 16.6 Å². The normalized spacial score (nSPS) is 16.8. The van der Waals surface area contributed by atoms with Gasteiger partial charge in [0.2, 0.25) is 10.0 Å². The molecule has 4 rings (SSSR count). The standard InChI is InChI=1S/C20H22N2O3S2/c1-15-9-11-21(12-10-15)27(24,25)17-7-8-18-19(13-17)26-20(23)22(18)14-16-5-3-2-4-6-16/h2-8,13,15H,9-12,14H2,1H3. The fourth-order valence-corrected chi connectivity index (χ4v) is 6.00. The Kier molecular flexibility index (Phi) is 4.92. The van der Waals surface area contributed by atoms with Gasteiger partial charge in [0.25, 0.3) is 0 Å². The van der Waals surface area contributed by atoms with Crippen LogP contribution in [0, 0.1) is 5.92 Å². The number of rotatable bonds is 4. The van der Waals surface area contributed by atoms with Gasteiger partial charge in [0.05, 0.1) is 21.7 Å². The van der Waals surface area contributed by atoms with Crippen LogP contribution < -0.4 is 4.87 Å². The zero-order valence-electron chi connectivity index (χ0n) is 15.2. The van der Waals surface area contributed by atoms with Crippen molar-refractivity contribution in [2.45, 2.75) is 31.2 Å². The first-order valence-corrected chi connectivity index (χ1v) is 11.4. The maximum atomic E-state index is 13.0. The zero-order valence-corrected chi connectivity index (χ0v) is 16.8. The van der Waals surface area contributed by atoms with Gasteiger partial charge in [-0.25, -0.2) is 8.42 Å². The Labute approximate surface area is 162 Å². The monoisotopic (exact) mass is 402 g/mol. The van der Waals surface area contributed by atoms with Crippen molar-refractivity contribution in [2.75, 3.05) is 13.1 Å². The lowest BCUT2D eigenvalue weighted by atomic mass is 10.0. The Hall–Kier alpha value is -1.96. The molecule has 0 bridgehead atoms. The summed E-state index contributed by atoms with van der Waals surface area (Å²) in [5.41, 5.74) is 1.82. The molecular formula is C20H22N2O3S2. The molecule has 0 aliphatic carbocycles. The van der Waals surface area contributed by atoms with Crippen LogP contribution in [0.1, 0.15) is 25.3 Å². The minimum Gasteiger partial charge on any atom is -0.294 e. The van der Waals surface area contributed by atoms with E-state index in [0.717, 1.165) is 35.3 Å². The Morgan fingerprint density at radius 3 is 2.48 bits per heavy atom. The molecule has 1 aliphatic rings. The van der Waals surface area contributed by atoms with Crippen LogP contribution in [0.5, 0.6) is 0 Å². The number of aromatic nitrogens is 1. The summed E-state index contributed by atoms with van der Waals surface area (Å²) in [5.74, 6) is 0.566. The van der Waals surface area contributed by atoms with Gasteiger partial charge >= 0.3 is 4.87 Å². The van der Waals surface area contributed by atoms with Gasteiger partial charge in [0.15, 0.2) is 0 Å². The number of fused-ring (bicyclic) bond motifs is 1. The summed E-state index contributed by atoms with van der Waals surface area (Å²) in [6, 6.07) is 14.8. The lowest BCUT2D eigenvalue weighted by Crippen LogP contribution is -2.37. The number of thiazole rings is 1. The lowest BCUT2D eigenvalue weighted by Gasteiger charge is -2.29. The minimum atomic E-state index is -3.51. The molecule has 0 unspecified atom stereocenters. The summed E-state index contributed by atoms with van der Waals surface area (Å²) in [6.45, 7) is 3.76. The van der Waals surface area contributed by atoms with Crippen molar-refractivity contribution in [3.8, 4) is 0 Å². The van der Waals surface area contributed by atoms with Crippen molar-refractivity contribution in [3.63, 3.8) is 0 Å². The highest BCUT2D eigenvalue weighted by Gasteiger charge is 2.28. The van der Waals surface area contributed by atoms with Crippen LogP contribution in [0.25, 0.3) is 10.2 Å². The van der Waals surface area contributed by atoms with Crippen molar-refractivity contribution >= 4 is 31.6 Å². The van der Waals surface area contributed by atoms with Gasteiger partial charge in [0, 0.05) is 13.1 Å². The first-order chi connectivity index (χ1) is 12.9. The van der Waals surface area contributed by atoms with Crippen molar-refractivity contribution in [1.29, 1.82) is 0 Å². The van der Waals surface area contributed by atoms with Gasteiger partial charge in [0.1, 0.15) is 0 Å². The first-order valence-electron chi connectivity index (χ1n) is 9.12. The van der Waals surface area contributed by atoms with Crippen molar-refractivity contribution in [1.82, 2.24) is 8.87 Å². The molecule has 3 aromatic rings. The largest absolute Gasteiger partial charge is 0.308 e. The third-order valence-electron chi connectivity index (χ3n) is 5.20. The average molecular weight is 403 g/mol. The average Bonchev–Trinajstić information content (AvgIpc) is 2.97. The number of sulfonamides is 1. The molecule has 1 fully saturated rings. The van der Waals surface area contributed by atoms with Gasteiger partial charge in [-0.3, -0.25) is 9.36 Å². The molecule has 0 saturated carbocycles. The van der Waals surface area contributed by atoms with Crippen LogP contribution >= 0.6 is 11.3 Å². The predicted molar refractivity (Wildman–Crippen MR) is 109 cm³/mol. The molecule has 142 valence electrons. The summed E-state index contributed by atoms with van der Waals surface area (Å²) < 4.78 is 29.9. The molecular weight excluding hydrogens is 380 g/mol. The third-order valence-corrected chi connectivity index (χ3v) is 8.04. The summed E-state index contributed by atoms with van der Waals surface area (Å²) in [5, 5.41) is 0. The van der Waals surface area contributed by atoms with Crippen LogP contribution in [-0.4, -0.2) is 30.4 Å². The molecule has 5 nitrogen and oxygen atoms in total. The van der Waals surface area contributed by atoms with E-state index in [1.54, 1.807) is 27.1 Å². The van der Waals surface area contributed by atoms with E-state index in [1.165, 1.54) is 0 Å². The quantitative estimate of drug-likeness (QED) is 0.671. The van der Waals surface area contributed by atoms with Crippen LogP contribution in [0.4, 0.5) is 0 Å². The van der Waals surface area contributed by atoms with Gasteiger partial charge in [-0.15, -0.1) is 0 Å². The van der Waals surface area contributed by atoms with Crippen LogP contribution in [0.3, 0.4) is 0 Å². The second-order valence-electron chi connectivity index (χ2n) is 7.16. The van der Waals surface area contributed by atoms with Crippen LogP contribution in [0.15, 0.2) is 58.2 Å². The number of nitrogens with zero attached hydrogens (tertiary/aromatic N) is 2. The van der Waals surface area contributed by atoms with Crippen molar-refractivity contribution in [3.05, 3.63) is 63.8 Å². The minimum absolute atomic E-state index is 0.0739. The summed E-state index contributed by atoms with van der Waals surface area (Å²) in [4.78, 5) is 12.7. The lowest BCUT2D eigenvalue weighted by molar-refractivity contribution is 0.288. The highest BCUT2D eigenvalue weighted by Crippen LogP contribution is 2.27. The third kappa shape index (κ3) is 3.59. The number of benzene rings is 2. The fourth-order valence-electron chi connectivity index (χ4n) is 3.50. The van der Waals surface area contributed by atoms with Crippen LogP contribution in [0.2, 0.25) is 0 Å². The first kappa shape index (κ1) is 18.4. The number of hydrogen-bond acceptors (Lipinski definition) is 4. The van der Waals surface area contributed by atoms with E-state index in [-0.39, 0.29) is 9.77 Å². The highest BCUT2D eigenvalue weighted by atomic mass is 32.2. The molecule has 1 saturated heterocycles. The summed E-state index contributed by atoms with van der Waals surface area (Å²) >= 11 is 1.10. The molecule has 0 radical (unpaired) electrons. The molecule has 1 aromatic heterocycles. The smallest absolute Gasteiger partial charge is 0.294 e. The molecule has 0 N–H and O–H groups in total. The molecule has 1 aliphatic heterocycles. The Bertz CT molecular complexity index is 1110. The highest BCUT2D eigenvalue weighted by molar-refractivity contribution is 7.89. The summed E-state index contributed by atoms with van der Waals surface area (Å²) in [7, 11) is -3.51. The summed E-state index contributed by atoms with van der Waals surface area (Å²) in [6.07, 6.45) is 1.78. The van der Waals surface area contributed by atoms with Gasteiger partial charge in [-0.2, -0.15) is 4.31 Å². The Balaban J connectivity index is 1.68. The molecule has 0 amide bonds. The maximum Gasteiger partial charge on any atom is 0.308 e. The fraction of sp³-hybridized carbons (Fsp3) is 0.350. The van der Waals surface area contributed by atoms with E-state index < -0.39 is 10.0 Å². The van der Waals surface area contributed by atoms with E-state index in [2.05, 4.69) is 6.92 Å². The van der Waals surface area contributed by atoms with Gasteiger partial charge < -0.3 is 0 Å². The molecule has 2 heterocycles. The second kappa shape index (κ2) is 7.22. The van der Waals surface area contributed by atoms with Gasteiger partial charge in [-0.1, -0.05) is 48.6 Å². The van der Waals surface area contributed by atoms with E-state index >= 15 is 0 Å². The Morgan fingerprint density at radius 1 is 1.07 bits per heavy atom. The van der Waals surface area contributed by atoms with E-state index in [1.807, 2.05) is 30.3 Å². The Morgan fingerprint density at radius 2 is 1.78 bits per heavy atom. The van der Waals surface area contributed by atoms with E-state index in [9.17, 15) is 13.2 Å². The topological polar surface area (TPSA) is 59.4 Å². The van der Waals surface area contributed by atoms with E-state index in [0.29, 0.717) is 30.3 Å². The zero-order chi connectivity index (χ0) is 19.0. The van der Waals surface area contributed by atoms with Crippen molar-refractivity contribution in [2.24, 2.45) is 5.92 Å². The second-order valence-corrected chi connectivity index (χ2v) is 10.1. The maximum absolute atomic E-state index is 13.0. The van der Waals surface area contributed by atoms with Gasteiger partial charge in [-0.05, 0) is 42.5 Å². The number of hydrogen-bond donors (Lipinski definition) is 0. The predicted octanol–water partition coefficient (Wildman–Crippen LogP) is 3.53. The molecule has 2 aromatic carbocycles. The number of piperidine rings is 1.